The van der Waals surface area contributed by atoms with Crippen LogP contribution >= 0.6 is 36.2 Å². The molecule has 0 unspecified atom stereocenters. The Morgan fingerprint density at radius 3 is 2.67 bits per heavy atom. The quantitative estimate of drug-likeness (QED) is 0.855. The second-order valence-electron chi connectivity index (χ2n) is 3.11. The highest BCUT2D eigenvalue weighted by molar-refractivity contribution is 7.14. The van der Waals surface area contributed by atoms with E-state index in [0.717, 1.165) is 23.8 Å². The first-order valence-corrected chi connectivity index (χ1v) is 5.07. The summed E-state index contributed by atoms with van der Waals surface area (Å²) in [7, 11) is 0. The Labute approximate surface area is 105 Å². The van der Waals surface area contributed by atoms with E-state index in [0.29, 0.717) is 0 Å². The smallest absolute Gasteiger partial charge is 0.230 e. The number of hydrogen-bond acceptors (Lipinski definition) is 4. The van der Waals surface area contributed by atoms with Gasteiger partial charge < -0.3 is 10.6 Å². The maximum atomic E-state index is 11.5. The standard InChI is InChI=1S/C8H11N3OS.2ClH/c1-5-8(13-4-10-5)11-7(12)6-2-9-3-6;;/h4,6,9H,2-3H2,1H3,(H,11,12);2*1H. The maximum Gasteiger partial charge on any atom is 0.230 e. The van der Waals surface area contributed by atoms with Gasteiger partial charge in [0.1, 0.15) is 5.00 Å². The monoisotopic (exact) mass is 269 g/mol. The zero-order valence-corrected chi connectivity index (χ0v) is 10.6. The summed E-state index contributed by atoms with van der Waals surface area (Å²) >= 11 is 1.47. The molecule has 1 fully saturated rings. The summed E-state index contributed by atoms with van der Waals surface area (Å²) in [6, 6.07) is 0. The van der Waals surface area contributed by atoms with Crippen molar-refractivity contribution in [2.45, 2.75) is 6.92 Å². The molecule has 0 bridgehead atoms. The molecule has 0 atom stereocenters. The van der Waals surface area contributed by atoms with Crippen molar-refractivity contribution in [1.82, 2.24) is 10.3 Å². The summed E-state index contributed by atoms with van der Waals surface area (Å²) in [4.78, 5) is 15.5. The number of nitrogens with one attached hydrogen (secondary N) is 2. The molecule has 1 aromatic rings. The fourth-order valence-electron chi connectivity index (χ4n) is 1.11. The van der Waals surface area contributed by atoms with Gasteiger partial charge in [0, 0.05) is 13.1 Å². The molecule has 2 rings (SSSR count). The molecular weight excluding hydrogens is 257 g/mol. The van der Waals surface area contributed by atoms with E-state index in [9.17, 15) is 4.79 Å². The van der Waals surface area contributed by atoms with Crippen molar-refractivity contribution in [3.63, 3.8) is 0 Å². The van der Waals surface area contributed by atoms with E-state index in [4.69, 9.17) is 0 Å². The molecule has 7 heteroatoms. The highest BCUT2D eigenvalue weighted by Crippen LogP contribution is 2.20. The Bertz CT molecular complexity index is 327. The molecule has 1 aromatic heterocycles. The molecule has 1 aliphatic heterocycles. The molecule has 4 nitrogen and oxygen atoms in total. The lowest BCUT2D eigenvalue weighted by atomic mass is 10.0. The second kappa shape index (κ2) is 6.27. The van der Waals surface area contributed by atoms with Crippen LogP contribution in [0.1, 0.15) is 5.69 Å². The highest BCUT2D eigenvalue weighted by Gasteiger charge is 2.25. The third kappa shape index (κ3) is 3.31. The number of halogens is 2. The molecular formula is C8H13Cl2N3OS. The number of amides is 1. The number of nitrogens with zero attached hydrogens (tertiary/aromatic N) is 1. The van der Waals surface area contributed by atoms with E-state index < -0.39 is 0 Å². The van der Waals surface area contributed by atoms with Gasteiger partial charge in [-0.05, 0) is 6.92 Å². The number of carbonyl (C=O) groups excluding carboxylic acids is 1. The first-order valence-electron chi connectivity index (χ1n) is 4.19. The molecule has 1 saturated heterocycles. The lowest BCUT2D eigenvalue weighted by molar-refractivity contribution is -0.121. The minimum atomic E-state index is 0. The van der Waals surface area contributed by atoms with Crippen molar-refractivity contribution >= 4 is 47.1 Å². The Balaban J connectivity index is 0.000000980. The summed E-state index contributed by atoms with van der Waals surface area (Å²) in [5.41, 5.74) is 2.63. The van der Waals surface area contributed by atoms with E-state index >= 15 is 0 Å². The summed E-state index contributed by atoms with van der Waals surface area (Å²) in [6.07, 6.45) is 0. The number of thiazole rings is 1. The molecule has 15 heavy (non-hydrogen) atoms. The van der Waals surface area contributed by atoms with Gasteiger partial charge in [0.05, 0.1) is 17.1 Å². The third-order valence-electron chi connectivity index (χ3n) is 2.13. The minimum Gasteiger partial charge on any atom is -0.316 e. The van der Waals surface area contributed by atoms with Crippen LogP contribution in [0.3, 0.4) is 0 Å². The zero-order valence-electron chi connectivity index (χ0n) is 8.15. The van der Waals surface area contributed by atoms with Crippen molar-refractivity contribution in [1.29, 1.82) is 0 Å². The molecule has 2 N–H and O–H groups in total. The first-order chi connectivity index (χ1) is 6.27. The fourth-order valence-corrected chi connectivity index (χ4v) is 1.81. The fraction of sp³-hybridized carbons (Fsp3) is 0.500. The normalized spacial score (nSPS) is 14.5. The predicted octanol–water partition coefficient (Wildman–Crippen LogP) is 1.45. The SMILES string of the molecule is Cc1ncsc1NC(=O)C1CNC1.Cl.Cl. The summed E-state index contributed by atoms with van der Waals surface area (Å²) in [5.74, 6) is 0.243. The highest BCUT2D eigenvalue weighted by atomic mass is 35.5. The van der Waals surface area contributed by atoms with Crippen LogP contribution in [-0.2, 0) is 4.79 Å². The van der Waals surface area contributed by atoms with Crippen LogP contribution in [0.2, 0.25) is 0 Å². The molecule has 0 saturated carbocycles. The second-order valence-corrected chi connectivity index (χ2v) is 3.97. The van der Waals surface area contributed by atoms with E-state index in [1.807, 2.05) is 6.92 Å². The lowest BCUT2D eigenvalue weighted by Crippen LogP contribution is -2.48. The van der Waals surface area contributed by atoms with Crippen molar-refractivity contribution < 1.29 is 4.79 Å². The van der Waals surface area contributed by atoms with Gasteiger partial charge in [-0.3, -0.25) is 4.79 Å². The summed E-state index contributed by atoms with van der Waals surface area (Å²) in [5, 5.41) is 6.80. The topological polar surface area (TPSA) is 54.0 Å². The minimum absolute atomic E-state index is 0. The van der Waals surface area contributed by atoms with Crippen LogP contribution in [0, 0.1) is 12.8 Å². The number of anilines is 1. The zero-order chi connectivity index (χ0) is 9.26. The van der Waals surface area contributed by atoms with Crippen molar-refractivity contribution in [3.8, 4) is 0 Å². The van der Waals surface area contributed by atoms with E-state index in [2.05, 4.69) is 15.6 Å². The van der Waals surface area contributed by atoms with Gasteiger partial charge in [-0.25, -0.2) is 4.98 Å². The molecule has 1 aliphatic rings. The molecule has 0 aromatic carbocycles. The van der Waals surface area contributed by atoms with E-state index in [1.165, 1.54) is 11.3 Å². The molecule has 0 radical (unpaired) electrons. The largest absolute Gasteiger partial charge is 0.316 e. The predicted molar refractivity (Wildman–Crippen MR) is 66.3 cm³/mol. The van der Waals surface area contributed by atoms with Crippen LogP contribution in [0.15, 0.2) is 5.51 Å². The average molecular weight is 270 g/mol. The molecule has 2 heterocycles. The van der Waals surface area contributed by atoms with Crippen LogP contribution in [-0.4, -0.2) is 24.0 Å². The Hall–Kier alpha value is -0.360. The first kappa shape index (κ1) is 14.6. The number of carbonyl (C=O) groups is 1. The van der Waals surface area contributed by atoms with Gasteiger partial charge in [0.2, 0.25) is 5.91 Å². The molecule has 0 aliphatic carbocycles. The number of aromatic nitrogens is 1. The number of aryl methyl sites for hydroxylation is 1. The van der Waals surface area contributed by atoms with E-state index in [-0.39, 0.29) is 36.6 Å². The number of rotatable bonds is 2. The molecule has 86 valence electrons. The Kier molecular flexibility index (Phi) is 6.12. The number of hydrogen-bond donors (Lipinski definition) is 2. The van der Waals surface area contributed by atoms with Crippen molar-refractivity contribution in [3.05, 3.63) is 11.2 Å². The maximum absolute atomic E-state index is 11.5. The van der Waals surface area contributed by atoms with Gasteiger partial charge in [-0.15, -0.1) is 36.2 Å². The van der Waals surface area contributed by atoms with Crippen molar-refractivity contribution in [2.75, 3.05) is 18.4 Å². The van der Waals surface area contributed by atoms with E-state index in [1.54, 1.807) is 5.51 Å². The van der Waals surface area contributed by atoms with Gasteiger partial charge >= 0.3 is 0 Å². The van der Waals surface area contributed by atoms with Crippen molar-refractivity contribution in [2.24, 2.45) is 5.92 Å². The summed E-state index contributed by atoms with van der Waals surface area (Å²) < 4.78 is 0. The van der Waals surface area contributed by atoms with Gasteiger partial charge in [0.15, 0.2) is 0 Å². The third-order valence-corrected chi connectivity index (χ3v) is 2.98. The Morgan fingerprint density at radius 2 is 2.27 bits per heavy atom. The molecule has 1 amide bonds. The Morgan fingerprint density at radius 1 is 1.60 bits per heavy atom. The average Bonchev–Trinajstić information content (AvgIpc) is 2.32. The van der Waals surface area contributed by atoms with Crippen LogP contribution < -0.4 is 10.6 Å². The molecule has 0 spiro atoms. The van der Waals surface area contributed by atoms with Crippen LogP contribution in [0.25, 0.3) is 0 Å². The van der Waals surface area contributed by atoms with Gasteiger partial charge in [0.25, 0.3) is 0 Å². The summed E-state index contributed by atoms with van der Waals surface area (Å²) in [6.45, 7) is 3.48. The lowest BCUT2D eigenvalue weighted by Gasteiger charge is -2.25. The van der Waals surface area contributed by atoms with Crippen LogP contribution in [0.4, 0.5) is 5.00 Å². The van der Waals surface area contributed by atoms with Crippen LogP contribution in [0.5, 0.6) is 0 Å². The van der Waals surface area contributed by atoms with Gasteiger partial charge in [-0.2, -0.15) is 0 Å². The van der Waals surface area contributed by atoms with Gasteiger partial charge in [-0.1, -0.05) is 0 Å².